The Hall–Kier alpha value is -2.11. The molecule has 6 nitrogen and oxygen atoms in total. The summed E-state index contributed by atoms with van der Waals surface area (Å²) in [6.45, 7) is 6.17. The minimum Gasteiger partial charge on any atom is -0.357 e. The lowest BCUT2D eigenvalue weighted by Crippen LogP contribution is -2.39. The van der Waals surface area contributed by atoms with Crippen molar-refractivity contribution >= 4 is 46.1 Å². The molecule has 1 amide bonds. The van der Waals surface area contributed by atoms with Crippen molar-refractivity contribution in [1.29, 1.82) is 5.26 Å². The van der Waals surface area contributed by atoms with E-state index in [1.54, 1.807) is 4.57 Å². The topological polar surface area (TPSA) is 69.3 Å². The molecule has 0 spiro atoms. The highest BCUT2D eigenvalue weighted by atomic mass is 32.2. The van der Waals surface area contributed by atoms with E-state index in [0.29, 0.717) is 21.3 Å². The molecule has 0 bridgehead atoms. The van der Waals surface area contributed by atoms with Crippen LogP contribution in [0.5, 0.6) is 0 Å². The van der Waals surface area contributed by atoms with E-state index in [1.165, 1.54) is 31.0 Å². The van der Waals surface area contributed by atoms with Crippen molar-refractivity contribution in [3.63, 3.8) is 0 Å². The molecule has 0 aromatic carbocycles. The lowest BCUT2D eigenvalue weighted by molar-refractivity contribution is -0.124. The molecule has 34 heavy (non-hydrogen) atoms. The Kier molecular flexibility index (Phi) is 8.15. The largest absolute Gasteiger partial charge is 0.357 e. The fourth-order valence-corrected chi connectivity index (χ4v) is 6.85. The van der Waals surface area contributed by atoms with Gasteiger partial charge >= 0.3 is 0 Å². The van der Waals surface area contributed by atoms with Gasteiger partial charge in [-0.25, -0.2) is 0 Å². The van der Waals surface area contributed by atoms with Crippen LogP contribution in [0.4, 0.5) is 5.82 Å². The standard InChI is InChI=1S/C26H34N4O2S2/c1-3-13-29-23(28-14-9-4-5-10-15-28)20(18(2)21(17-27)24(29)31)16-22-25(32)30(26(33)34-22)19-11-7-6-8-12-19/h16,19H,3-15H2,1-2H3. The Morgan fingerprint density at radius 3 is 2.35 bits per heavy atom. The molecular weight excluding hydrogens is 464 g/mol. The second kappa shape index (κ2) is 11.1. The monoisotopic (exact) mass is 498 g/mol. The molecule has 3 aliphatic rings. The summed E-state index contributed by atoms with van der Waals surface area (Å²) in [6.07, 6.45) is 12.7. The van der Waals surface area contributed by atoms with Gasteiger partial charge in [0.15, 0.2) is 0 Å². The molecule has 0 unspecified atom stereocenters. The second-order valence-corrected chi connectivity index (χ2v) is 11.2. The average Bonchev–Trinajstić information content (AvgIpc) is 2.99. The Morgan fingerprint density at radius 2 is 1.74 bits per heavy atom. The summed E-state index contributed by atoms with van der Waals surface area (Å²) in [7, 11) is 0. The maximum absolute atomic E-state index is 13.5. The Bertz CT molecular complexity index is 1090. The predicted molar refractivity (Wildman–Crippen MR) is 143 cm³/mol. The number of pyridine rings is 1. The molecule has 1 aromatic rings. The number of carbonyl (C=O) groups excluding carboxylic acids is 1. The number of amides is 1. The van der Waals surface area contributed by atoms with E-state index in [1.807, 2.05) is 24.8 Å². The van der Waals surface area contributed by atoms with Crippen LogP contribution in [0.1, 0.15) is 87.8 Å². The lowest BCUT2D eigenvalue weighted by Gasteiger charge is -2.30. The van der Waals surface area contributed by atoms with Crippen molar-refractivity contribution in [1.82, 2.24) is 9.47 Å². The number of hydrogen-bond donors (Lipinski definition) is 0. The molecule has 2 aliphatic heterocycles. The summed E-state index contributed by atoms with van der Waals surface area (Å²) in [6, 6.07) is 2.32. The minimum atomic E-state index is -0.229. The van der Waals surface area contributed by atoms with E-state index in [9.17, 15) is 14.9 Å². The first-order valence-corrected chi connectivity index (χ1v) is 13.9. The van der Waals surface area contributed by atoms with Crippen molar-refractivity contribution in [3.05, 3.63) is 31.9 Å². The van der Waals surface area contributed by atoms with Crippen LogP contribution in [-0.4, -0.2) is 38.8 Å². The van der Waals surface area contributed by atoms with Crippen LogP contribution in [0.15, 0.2) is 9.70 Å². The molecule has 182 valence electrons. The van der Waals surface area contributed by atoms with Crippen molar-refractivity contribution in [2.24, 2.45) is 0 Å². The molecular formula is C26H34N4O2S2. The van der Waals surface area contributed by atoms with E-state index < -0.39 is 0 Å². The summed E-state index contributed by atoms with van der Waals surface area (Å²) in [5, 5.41) is 9.83. The third-order valence-electron chi connectivity index (χ3n) is 7.24. The highest BCUT2D eigenvalue weighted by Gasteiger charge is 2.38. The van der Waals surface area contributed by atoms with Crippen LogP contribution in [-0.2, 0) is 11.3 Å². The van der Waals surface area contributed by atoms with Gasteiger partial charge in [0.05, 0.1) is 4.91 Å². The van der Waals surface area contributed by atoms with Crippen LogP contribution in [0.2, 0.25) is 0 Å². The van der Waals surface area contributed by atoms with Crippen LogP contribution in [0, 0.1) is 18.3 Å². The average molecular weight is 499 g/mol. The van der Waals surface area contributed by atoms with Crippen molar-refractivity contribution in [3.8, 4) is 6.07 Å². The molecule has 4 rings (SSSR count). The zero-order chi connectivity index (χ0) is 24.2. The molecule has 3 heterocycles. The van der Waals surface area contributed by atoms with E-state index in [0.717, 1.165) is 69.4 Å². The molecule has 1 saturated carbocycles. The van der Waals surface area contributed by atoms with Gasteiger partial charge in [0, 0.05) is 31.2 Å². The molecule has 8 heteroatoms. The molecule has 0 N–H and O–H groups in total. The maximum Gasteiger partial charge on any atom is 0.270 e. The number of nitriles is 1. The third kappa shape index (κ3) is 4.83. The quantitative estimate of drug-likeness (QED) is 0.402. The highest BCUT2D eigenvalue weighted by molar-refractivity contribution is 8.26. The van der Waals surface area contributed by atoms with Crippen LogP contribution < -0.4 is 10.5 Å². The molecule has 3 fully saturated rings. The highest BCUT2D eigenvalue weighted by Crippen LogP contribution is 2.39. The van der Waals surface area contributed by atoms with Crippen molar-refractivity contribution in [2.75, 3.05) is 18.0 Å². The van der Waals surface area contributed by atoms with Gasteiger partial charge in [-0.1, -0.05) is 63.0 Å². The fourth-order valence-electron chi connectivity index (χ4n) is 5.46. The number of nitrogens with zero attached hydrogens (tertiary/aromatic N) is 4. The third-order valence-corrected chi connectivity index (χ3v) is 8.57. The Morgan fingerprint density at radius 1 is 1.09 bits per heavy atom. The number of carbonyl (C=O) groups is 1. The number of thiocarbonyl (C=S) groups is 1. The summed E-state index contributed by atoms with van der Waals surface area (Å²) in [4.78, 5) is 31.5. The Balaban J connectivity index is 1.84. The van der Waals surface area contributed by atoms with Gasteiger partial charge in [-0.15, -0.1) is 0 Å². The SMILES string of the molecule is CCCn1c(N2CCCCCC2)c(C=C2SC(=S)N(C3CCCCC3)C2=O)c(C)c(C#N)c1=O. The molecule has 2 saturated heterocycles. The number of anilines is 1. The smallest absolute Gasteiger partial charge is 0.270 e. The van der Waals surface area contributed by atoms with Crippen molar-refractivity contribution in [2.45, 2.75) is 90.6 Å². The first-order chi connectivity index (χ1) is 16.5. The maximum atomic E-state index is 13.5. The van der Waals surface area contributed by atoms with Gasteiger partial charge in [-0.2, -0.15) is 5.26 Å². The van der Waals surface area contributed by atoms with Crippen molar-refractivity contribution < 1.29 is 4.79 Å². The van der Waals surface area contributed by atoms with Gasteiger partial charge in [0.25, 0.3) is 11.5 Å². The Labute approximate surface area is 212 Å². The number of rotatable bonds is 5. The lowest BCUT2D eigenvalue weighted by atomic mass is 9.94. The fraction of sp³-hybridized carbons (Fsp3) is 0.615. The molecule has 1 aliphatic carbocycles. The van der Waals surface area contributed by atoms with Gasteiger partial charge in [-0.05, 0) is 50.7 Å². The van der Waals surface area contributed by atoms with E-state index in [4.69, 9.17) is 12.2 Å². The van der Waals surface area contributed by atoms with Crippen LogP contribution in [0.25, 0.3) is 6.08 Å². The summed E-state index contributed by atoms with van der Waals surface area (Å²) in [5.74, 6) is 0.822. The first-order valence-electron chi connectivity index (χ1n) is 12.7. The van der Waals surface area contributed by atoms with Gasteiger partial charge in [-0.3, -0.25) is 19.1 Å². The number of aromatic nitrogens is 1. The van der Waals surface area contributed by atoms with Gasteiger partial charge in [0.2, 0.25) is 0 Å². The summed E-state index contributed by atoms with van der Waals surface area (Å²) >= 11 is 7.00. The minimum absolute atomic E-state index is 0.0325. The second-order valence-electron chi connectivity index (χ2n) is 9.55. The summed E-state index contributed by atoms with van der Waals surface area (Å²) in [5.41, 5.74) is 1.41. The molecule has 0 radical (unpaired) electrons. The first kappa shape index (κ1) is 25.0. The normalized spacial score (nSPS) is 21.3. The van der Waals surface area contributed by atoms with Gasteiger partial charge in [0.1, 0.15) is 21.8 Å². The summed E-state index contributed by atoms with van der Waals surface area (Å²) < 4.78 is 2.39. The molecule has 1 aromatic heterocycles. The number of thioether (sulfide) groups is 1. The molecule has 0 atom stereocenters. The van der Waals surface area contributed by atoms with Crippen LogP contribution >= 0.6 is 24.0 Å². The van der Waals surface area contributed by atoms with E-state index in [-0.39, 0.29) is 23.1 Å². The van der Waals surface area contributed by atoms with E-state index in [2.05, 4.69) is 11.0 Å². The zero-order valence-electron chi connectivity index (χ0n) is 20.3. The predicted octanol–water partition coefficient (Wildman–Crippen LogP) is 5.35. The number of hydrogen-bond acceptors (Lipinski definition) is 6. The van der Waals surface area contributed by atoms with E-state index >= 15 is 0 Å². The van der Waals surface area contributed by atoms with Gasteiger partial charge < -0.3 is 4.90 Å². The zero-order valence-corrected chi connectivity index (χ0v) is 21.9. The van der Waals surface area contributed by atoms with Crippen LogP contribution in [0.3, 0.4) is 0 Å².